The third kappa shape index (κ3) is 8.33. The Kier molecular flexibility index (Phi) is 13.3. The maximum atomic E-state index is 13.8. The van der Waals surface area contributed by atoms with Gasteiger partial charge in [-0.15, -0.1) is 0 Å². The molecule has 8 rings (SSSR count). The van der Waals surface area contributed by atoms with E-state index in [9.17, 15) is 4.79 Å². The lowest BCUT2D eigenvalue weighted by Crippen LogP contribution is -2.72. The minimum absolute atomic E-state index is 0.0898. The van der Waals surface area contributed by atoms with E-state index in [1.54, 1.807) is 0 Å². The highest BCUT2D eigenvalue weighted by Crippen LogP contribution is 2.46. The SMILES string of the molecule is CC(C)(C)[Si](O[C@H]1[C@H](O[Si](c2ccccc2)(c2ccccc2)C(C)(C)C)[C@@H](COC(c2ccccc2)(c2ccccc2)c2ccccc2)O[C@@H]1C=O)(c1ccccc1)c1ccccc1. The van der Waals surface area contributed by atoms with Gasteiger partial charge in [0.15, 0.2) is 6.29 Å². The summed E-state index contributed by atoms with van der Waals surface area (Å²) in [6, 6.07) is 73.6. The number of benzene rings is 7. The monoisotopic (exact) mass is 880 g/mol. The lowest BCUT2D eigenvalue weighted by molar-refractivity contribution is -0.123. The number of aldehydes is 1. The first kappa shape index (κ1) is 45.1. The molecular weight excluding hydrogens is 821 g/mol. The van der Waals surface area contributed by atoms with E-state index in [1.807, 2.05) is 30.3 Å². The Labute approximate surface area is 382 Å². The van der Waals surface area contributed by atoms with Gasteiger partial charge >= 0.3 is 0 Å². The van der Waals surface area contributed by atoms with Crippen molar-refractivity contribution in [3.8, 4) is 0 Å². The molecule has 0 radical (unpaired) electrons. The lowest BCUT2D eigenvalue weighted by atomic mass is 9.80. The zero-order valence-electron chi connectivity index (χ0n) is 37.8. The van der Waals surface area contributed by atoms with E-state index in [2.05, 4.69) is 224 Å². The van der Waals surface area contributed by atoms with Crippen molar-refractivity contribution in [3.63, 3.8) is 0 Å². The summed E-state index contributed by atoms with van der Waals surface area (Å²) in [5, 5.41) is 3.70. The van der Waals surface area contributed by atoms with E-state index in [-0.39, 0.29) is 16.7 Å². The first-order valence-corrected chi connectivity index (χ1v) is 26.3. The summed E-state index contributed by atoms with van der Waals surface area (Å²) in [6.07, 6.45) is -2.32. The summed E-state index contributed by atoms with van der Waals surface area (Å²) < 4.78 is 30.9. The van der Waals surface area contributed by atoms with E-state index >= 15 is 0 Å². The van der Waals surface area contributed by atoms with Crippen LogP contribution in [-0.4, -0.2) is 53.9 Å². The molecule has 7 aromatic carbocycles. The highest BCUT2D eigenvalue weighted by atomic mass is 28.4. The molecule has 7 heteroatoms. The van der Waals surface area contributed by atoms with Gasteiger partial charge in [-0.05, 0) is 47.5 Å². The summed E-state index contributed by atoms with van der Waals surface area (Å²) in [5.41, 5.74) is 1.88. The molecule has 5 nitrogen and oxygen atoms in total. The number of ether oxygens (including phenoxy) is 2. The van der Waals surface area contributed by atoms with Crippen LogP contribution in [0.4, 0.5) is 0 Å². The van der Waals surface area contributed by atoms with Crippen LogP contribution in [0.25, 0.3) is 0 Å². The Hall–Kier alpha value is -5.52. The predicted octanol–water partition coefficient (Wildman–Crippen LogP) is 9.85. The van der Waals surface area contributed by atoms with Crippen LogP contribution in [0.2, 0.25) is 10.1 Å². The topological polar surface area (TPSA) is 54.0 Å². The molecule has 1 fully saturated rings. The van der Waals surface area contributed by atoms with E-state index in [0.717, 1.165) is 43.7 Å². The molecule has 0 bridgehead atoms. The number of hydrogen-bond donors (Lipinski definition) is 0. The molecule has 64 heavy (non-hydrogen) atoms. The summed E-state index contributed by atoms with van der Waals surface area (Å²) in [5.74, 6) is 0. The highest BCUT2D eigenvalue weighted by Gasteiger charge is 2.60. The number of carbonyl (C=O) groups is 1. The average molecular weight is 881 g/mol. The van der Waals surface area contributed by atoms with Gasteiger partial charge in [0, 0.05) is 0 Å². The molecular formula is C57H60O5Si2. The van der Waals surface area contributed by atoms with Gasteiger partial charge in [0.1, 0.15) is 30.0 Å². The maximum Gasteiger partial charge on any atom is 0.261 e. The quantitative estimate of drug-likeness (QED) is 0.0584. The minimum Gasteiger partial charge on any atom is -0.399 e. The number of hydrogen-bond acceptors (Lipinski definition) is 5. The normalized spacial score (nSPS) is 18.4. The third-order valence-corrected chi connectivity index (χ3v) is 23.0. The fourth-order valence-electron chi connectivity index (χ4n) is 10.0. The average Bonchev–Trinajstić information content (AvgIpc) is 3.66. The maximum absolute atomic E-state index is 13.8. The Morgan fingerprint density at radius 1 is 0.438 bits per heavy atom. The van der Waals surface area contributed by atoms with Crippen molar-refractivity contribution in [2.24, 2.45) is 0 Å². The molecule has 326 valence electrons. The highest BCUT2D eigenvalue weighted by molar-refractivity contribution is 7.00. The van der Waals surface area contributed by atoms with Crippen molar-refractivity contribution in [2.45, 2.75) is 81.6 Å². The Balaban J connectivity index is 1.36. The van der Waals surface area contributed by atoms with Crippen LogP contribution in [0.3, 0.4) is 0 Å². The van der Waals surface area contributed by atoms with Crippen LogP contribution in [0.1, 0.15) is 58.2 Å². The van der Waals surface area contributed by atoms with Crippen molar-refractivity contribution in [2.75, 3.05) is 6.61 Å². The zero-order chi connectivity index (χ0) is 44.8. The first-order chi connectivity index (χ1) is 31.0. The van der Waals surface area contributed by atoms with Crippen molar-refractivity contribution in [1.82, 2.24) is 0 Å². The van der Waals surface area contributed by atoms with Crippen LogP contribution in [0.5, 0.6) is 0 Å². The van der Waals surface area contributed by atoms with Gasteiger partial charge in [0.25, 0.3) is 16.6 Å². The van der Waals surface area contributed by atoms with Crippen LogP contribution in [0, 0.1) is 0 Å². The van der Waals surface area contributed by atoms with Crippen molar-refractivity contribution >= 4 is 43.7 Å². The van der Waals surface area contributed by atoms with Crippen molar-refractivity contribution < 1.29 is 23.1 Å². The molecule has 0 aliphatic carbocycles. The second kappa shape index (κ2) is 18.9. The number of rotatable bonds is 15. The molecule has 0 N–H and O–H groups in total. The minimum atomic E-state index is -3.30. The summed E-state index contributed by atoms with van der Waals surface area (Å²) in [7, 11) is -6.59. The molecule has 0 saturated carbocycles. The molecule has 1 saturated heterocycles. The van der Waals surface area contributed by atoms with Gasteiger partial charge in [-0.1, -0.05) is 254 Å². The predicted molar refractivity (Wildman–Crippen MR) is 265 cm³/mol. The molecule has 1 heterocycles. The second-order valence-corrected chi connectivity index (χ2v) is 27.4. The fourth-order valence-corrected chi connectivity index (χ4v) is 19.4. The molecule has 0 aromatic heterocycles. The van der Waals surface area contributed by atoms with Gasteiger partial charge < -0.3 is 23.1 Å². The second-order valence-electron chi connectivity index (χ2n) is 18.9. The zero-order valence-corrected chi connectivity index (χ0v) is 39.8. The summed E-state index contributed by atoms with van der Waals surface area (Å²) >= 11 is 0. The molecule has 1 aliphatic heterocycles. The number of carbonyl (C=O) groups excluding carboxylic acids is 1. The van der Waals surface area contributed by atoms with Crippen LogP contribution >= 0.6 is 0 Å². The van der Waals surface area contributed by atoms with Crippen molar-refractivity contribution in [1.29, 1.82) is 0 Å². The summed E-state index contributed by atoms with van der Waals surface area (Å²) in [6.45, 7) is 13.7. The Morgan fingerprint density at radius 2 is 0.719 bits per heavy atom. The van der Waals surface area contributed by atoms with Crippen LogP contribution < -0.4 is 20.7 Å². The fraction of sp³-hybridized carbons (Fsp3) is 0.246. The molecule has 1 aliphatic rings. The summed E-state index contributed by atoms with van der Waals surface area (Å²) in [4.78, 5) is 13.8. The standard InChI is InChI=1S/C57H60O5Si2/c1-55(2,3)63(47-34-20-10-21-35-47,48-36-22-11-23-37-48)61-53-51(42-58)60-52(54(53)62-64(56(4,5)6,49-38-24-12-25-39-49)50-40-26-13-27-41-50)43-59-57(44-28-14-7-15-29-44,45-30-16-8-17-31-45)46-32-18-9-19-33-46/h7-42,51-54H,43H2,1-6H3/t51-,52-,53-,54-/m1/s1. The third-order valence-electron chi connectivity index (χ3n) is 12.9. The first-order valence-electron chi connectivity index (χ1n) is 22.4. The van der Waals surface area contributed by atoms with E-state index < -0.39 is 46.7 Å². The largest absolute Gasteiger partial charge is 0.399 e. The van der Waals surface area contributed by atoms with Gasteiger partial charge in [-0.25, -0.2) is 0 Å². The molecule has 4 atom stereocenters. The van der Waals surface area contributed by atoms with Gasteiger partial charge in [-0.3, -0.25) is 0 Å². The van der Waals surface area contributed by atoms with Crippen LogP contribution in [0.15, 0.2) is 212 Å². The van der Waals surface area contributed by atoms with Crippen LogP contribution in [-0.2, 0) is 28.7 Å². The molecule has 0 amide bonds. The van der Waals surface area contributed by atoms with Gasteiger partial charge in [0.2, 0.25) is 0 Å². The Bertz CT molecular complexity index is 2350. The Morgan fingerprint density at radius 3 is 1.00 bits per heavy atom. The molecule has 7 aromatic rings. The van der Waals surface area contributed by atoms with E-state index in [0.29, 0.717) is 0 Å². The molecule has 0 unspecified atom stereocenters. The lowest BCUT2D eigenvalue weighted by Gasteiger charge is -2.49. The smallest absolute Gasteiger partial charge is 0.261 e. The van der Waals surface area contributed by atoms with E-state index in [1.165, 1.54) is 0 Å². The van der Waals surface area contributed by atoms with Crippen molar-refractivity contribution in [3.05, 3.63) is 229 Å². The van der Waals surface area contributed by atoms with Gasteiger partial charge in [0.05, 0.1) is 6.61 Å². The molecule has 0 spiro atoms. The van der Waals surface area contributed by atoms with Gasteiger partial charge in [-0.2, -0.15) is 0 Å². The van der Waals surface area contributed by atoms with E-state index in [4.69, 9.17) is 18.3 Å².